The number of nitrogens with zero attached hydrogens (tertiary/aromatic N) is 3. The van der Waals surface area contributed by atoms with Crippen molar-refractivity contribution < 1.29 is 14.5 Å². The summed E-state index contributed by atoms with van der Waals surface area (Å²) in [5.74, 6) is 0.539. The van der Waals surface area contributed by atoms with Crippen molar-refractivity contribution in [1.82, 2.24) is 9.97 Å². The number of ether oxygens (including phenoxy) is 1. The van der Waals surface area contributed by atoms with Crippen molar-refractivity contribution in [2.24, 2.45) is 0 Å². The van der Waals surface area contributed by atoms with E-state index in [1.54, 1.807) is 31.4 Å². The minimum atomic E-state index is -0.507. The number of nitro groups is 1. The lowest BCUT2D eigenvalue weighted by Gasteiger charge is -2.09. The van der Waals surface area contributed by atoms with Crippen LogP contribution in [0.5, 0.6) is 5.75 Å². The Labute approximate surface area is 155 Å². The molecule has 1 heterocycles. The summed E-state index contributed by atoms with van der Waals surface area (Å²) in [5, 5.41) is 13.7. The van der Waals surface area contributed by atoms with Gasteiger partial charge in [-0.2, -0.15) is 0 Å². The van der Waals surface area contributed by atoms with E-state index in [1.165, 1.54) is 12.4 Å². The Morgan fingerprint density at radius 3 is 2.67 bits per heavy atom. The van der Waals surface area contributed by atoms with Gasteiger partial charge in [0.2, 0.25) is 5.91 Å². The van der Waals surface area contributed by atoms with Gasteiger partial charge < -0.3 is 10.1 Å². The molecule has 0 radical (unpaired) electrons. The van der Waals surface area contributed by atoms with Gasteiger partial charge in [-0.1, -0.05) is 30.3 Å². The highest BCUT2D eigenvalue weighted by molar-refractivity contribution is 5.92. The van der Waals surface area contributed by atoms with Crippen molar-refractivity contribution in [1.29, 1.82) is 0 Å². The molecule has 8 heteroatoms. The van der Waals surface area contributed by atoms with E-state index in [2.05, 4.69) is 15.3 Å². The van der Waals surface area contributed by atoms with E-state index in [0.717, 1.165) is 5.56 Å². The van der Waals surface area contributed by atoms with Gasteiger partial charge in [0.25, 0.3) is 5.69 Å². The molecule has 0 unspecified atom stereocenters. The van der Waals surface area contributed by atoms with E-state index in [0.29, 0.717) is 22.8 Å². The third kappa shape index (κ3) is 4.24. The van der Waals surface area contributed by atoms with Gasteiger partial charge in [-0.3, -0.25) is 14.9 Å². The molecule has 0 fully saturated rings. The number of aromatic nitrogens is 2. The second kappa shape index (κ2) is 8.05. The Balaban J connectivity index is 1.79. The Hall–Kier alpha value is -3.81. The number of carbonyl (C=O) groups excluding carboxylic acids is 1. The number of hydrogen-bond donors (Lipinski definition) is 1. The van der Waals surface area contributed by atoms with E-state index >= 15 is 0 Å². The molecular formula is C19H16N4O4. The van der Waals surface area contributed by atoms with Crippen LogP contribution in [0.2, 0.25) is 0 Å². The molecule has 0 atom stereocenters. The second-order valence-electron chi connectivity index (χ2n) is 5.60. The minimum absolute atomic E-state index is 0.0925. The predicted octanol–water partition coefficient (Wildman–Crippen LogP) is 3.24. The molecular weight excluding hydrogens is 348 g/mol. The van der Waals surface area contributed by atoms with Crippen LogP contribution < -0.4 is 10.1 Å². The third-order valence-electron chi connectivity index (χ3n) is 3.86. The Bertz CT molecular complexity index is 991. The topological polar surface area (TPSA) is 107 Å². The molecule has 2 aromatic carbocycles. The maximum absolute atomic E-state index is 12.3. The number of benzene rings is 2. The fourth-order valence-corrected chi connectivity index (χ4v) is 2.63. The zero-order chi connectivity index (χ0) is 19.2. The molecule has 0 bridgehead atoms. The van der Waals surface area contributed by atoms with Gasteiger partial charge in [0.1, 0.15) is 17.9 Å². The molecule has 0 aliphatic rings. The number of rotatable bonds is 6. The standard InChI is InChI=1S/C19H16N4O4/c1-27-17-9-5-3-7-14(17)15-11-18(21-12-20-15)22-19(24)10-13-6-2-4-8-16(13)23(25)26/h2-9,11-12H,10H2,1H3,(H,20,21,22,24). The average Bonchev–Trinajstić information content (AvgIpc) is 2.68. The molecule has 3 rings (SSSR count). The van der Waals surface area contributed by atoms with Crippen LogP contribution in [0.4, 0.5) is 11.5 Å². The maximum Gasteiger partial charge on any atom is 0.273 e. The summed E-state index contributed by atoms with van der Waals surface area (Å²) in [6.07, 6.45) is 1.20. The number of nitrogens with one attached hydrogen (secondary N) is 1. The van der Waals surface area contributed by atoms with Crippen molar-refractivity contribution >= 4 is 17.4 Å². The Morgan fingerprint density at radius 1 is 1.15 bits per heavy atom. The molecule has 1 amide bonds. The van der Waals surface area contributed by atoms with Crippen molar-refractivity contribution in [3.63, 3.8) is 0 Å². The predicted molar refractivity (Wildman–Crippen MR) is 99.5 cm³/mol. The van der Waals surface area contributed by atoms with Crippen LogP contribution >= 0.6 is 0 Å². The van der Waals surface area contributed by atoms with Gasteiger partial charge in [0, 0.05) is 23.3 Å². The lowest BCUT2D eigenvalue weighted by molar-refractivity contribution is -0.385. The van der Waals surface area contributed by atoms with Crippen molar-refractivity contribution in [2.75, 3.05) is 12.4 Å². The number of amides is 1. The van der Waals surface area contributed by atoms with Gasteiger partial charge >= 0.3 is 0 Å². The Kier molecular flexibility index (Phi) is 5.36. The fourth-order valence-electron chi connectivity index (χ4n) is 2.63. The number of para-hydroxylation sites is 2. The normalized spacial score (nSPS) is 10.3. The average molecular weight is 364 g/mol. The number of anilines is 1. The van der Waals surface area contributed by atoms with Crippen LogP contribution in [0.3, 0.4) is 0 Å². The Morgan fingerprint density at radius 2 is 1.89 bits per heavy atom. The van der Waals surface area contributed by atoms with Crippen molar-refractivity contribution in [2.45, 2.75) is 6.42 Å². The van der Waals surface area contributed by atoms with Gasteiger partial charge in [0.05, 0.1) is 24.1 Å². The summed E-state index contributed by atoms with van der Waals surface area (Å²) >= 11 is 0. The highest BCUT2D eigenvalue weighted by Crippen LogP contribution is 2.28. The van der Waals surface area contributed by atoms with Gasteiger partial charge in [-0.15, -0.1) is 0 Å². The van der Waals surface area contributed by atoms with Crippen LogP contribution in [0.25, 0.3) is 11.3 Å². The molecule has 3 aromatic rings. The number of carbonyl (C=O) groups is 1. The van der Waals surface area contributed by atoms with Crippen molar-refractivity contribution in [3.05, 3.63) is 76.6 Å². The van der Waals surface area contributed by atoms with E-state index in [1.807, 2.05) is 24.3 Å². The summed E-state index contributed by atoms with van der Waals surface area (Å²) in [5.41, 5.74) is 1.59. The summed E-state index contributed by atoms with van der Waals surface area (Å²) in [4.78, 5) is 31.1. The molecule has 136 valence electrons. The molecule has 1 aromatic heterocycles. The maximum atomic E-state index is 12.3. The van der Waals surface area contributed by atoms with E-state index in [4.69, 9.17) is 4.74 Å². The lowest BCUT2D eigenvalue weighted by Crippen LogP contribution is -2.16. The van der Waals surface area contributed by atoms with E-state index < -0.39 is 10.8 Å². The molecule has 1 N–H and O–H groups in total. The zero-order valence-electron chi connectivity index (χ0n) is 14.5. The minimum Gasteiger partial charge on any atom is -0.496 e. The molecule has 0 aliphatic carbocycles. The molecule has 27 heavy (non-hydrogen) atoms. The summed E-state index contributed by atoms with van der Waals surface area (Å²) < 4.78 is 5.32. The van der Waals surface area contributed by atoms with Crippen LogP contribution in [0.15, 0.2) is 60.9 Å². The fraction of sp³-hybridized carbons (Fsp3) is 0.105. The number of hydrogen-bond acceptors (Lipinski definition) is 6. The molecule has 0 aliphatic heterocycles. The first-order valence-electron chi connectivity index (χ1n) is 8.06. The number of nitro benzene ring substituents is 1. The molecule has 8 nitrogen and oxygen atoms in total. The largest absolute Gasteiger partial charge is 0.496 e. The van der Waals surface area contributed by atoms with E-state index in [-0.39, 0.29) is 12.1 Å². The summed E-state index contributed by atoms with van der Waals surface area (Å²) in [6, 6.07) is 15.1. The monoisotopic (exact) mass is 364 g/mol. The zero-order valence-corrected chi connectivity index (χ0v) is 14.5. The number of methoxy groups -OCH3 is 1. The highest BCUT2D eigenvalue weighted by atomic mass is 16.6. The van der Waals surface area contributed by atoms with Gasteiger partial charge in [0.15, 0.2) is 0 Å². The van der Waals surface area contributed by atoms with Crippen LogP contribution in [0, 0.1) is 10.1 Å². The van der Waals surface area contributed by atoms with Gasteiger partial charge in [-0.05, 0) is 12.1 Å². The smallest absolute Gasteiger partial charge is 0.273 e. The quantitative estimate of drug-likeness (QED) is 0.531. The summed E-state index contributed by atoms with van der Waals surface area (Å²) in [7, 11) is 1.56. The summed E-state index contributed by atoms with van der Waals surface area (Å²) in [6.45, 7) is 0. The van der Waals surface area contributed by atoms with Crippen LogP contribution in [-0.4, -0.2) is 27.9 Å². The third-order valence-corrected chi connectivity index (χ3v) is 3.86. The van der Waals surface area contributed by atoms with Gasteiger partial charge in [-0.25, -0.2) is 9.97 Å². The highest BCUT2D eigenvalue weighted by Gasteiger charge is 2.16. The van der Waals surface area contributed by atoms with E-state index in [9.17, 15) is 14.9 Å². The molecule has 0 saturated carbocycles. The van der Waals surface area contributed by atoms with Crippen LogP contribution in [0.1, 0.15) is 5.56 Å². The first kappa shape index (κ1) is 18.0. The van der Waals surface area contributed by atoms with Crippen molar-refractivity contribution in [3.8, 4) is 17.0 Å². The first-order valence-corrected chi connectivity index (χ1v) is 8.06. The van der Waals surface area contributed by atoms with Crippen LogP contribution in [-0.2, 0) is 11.2 Å². The lowest BCUT2D eigenvalue weighted by atomic mass is 10.1. The molecule has 0 saturated heterocycles. The first-order chi connectivity index (χ1) is 13.1. The SMILES string of the molecule is COc1ccccc1-c1cc(NC(=O)Cc2ccccc2[N+](=O)[O-])ncn1. The second-order valence-corrected chi connectivity index (χ2v) is 5.60. The molecule has 0 spiro atoms.